The lowest BCUT2D eigenvalue weighted by molar-refractivity contribution is 0.446. The van der Waals surface area contributed by atoms with Gasteiger partial charge in [0.05, 0.1) is 6.67 Å². The third kappa shape index (κ3) is 1.81. The van der Waals surface area contributed by atoms with Crippen molar-refractivity contribution in [3.8, 4) is 6.07 Å². The summed E-state index contributed by atoms with van der Waals surface area (Å²) in [6.45, 7) is 0.259. The molecule has 3 heteroatoms. The van der Waals surface area contributed by atoms with E-state index in [1.165, 1.54) is 0 Å². The highest BCUT2D eigenvalue weighted by atomic mass is 19.1. The molecule has 58 valence electrons. The predicted octanol–water partition coefficient (Wildman–Crippen LogP) is 1.72. The Balaban J connectivity index is 2.63. The molecule has 0 aliphatic carbocycles. The summed E-state index contributed by atoms with van der Waals surface area (Å²) in [5.41, 5.74) is 0.596. The maximum absolute atomic E-state index is 11.7. The Morgan fingerprint density at radius 1 is 1.64 bits per heavy atom. The van der Waals surface area contributed by atoms with Crippen molar-refractivity contribution in [2.24, 2.45) is 0 Å². The molecule has 0 radical (unpaired) electrons. The van der Waals surface area contributed by atoms with Crippen LogP contribution in [0.3, 0.4) is 0 Å². The number of halogens is 1. The van der Waals surface area contributed by atoms with Crippen LogP contribution in [0, 0.1) is 11.3 Å². The molecule has 2 nitrogen and oxygen atoms in total. The highest BCUT2D eigenvalue weighted by molar-refractivity contribution is 5.21. The fraction of sp³-hybridized carbons (Fsp3) is 0.375. The minimum Gasteiger partial charge on any atom is -0.339 e. The van der Waals surface area contributed by atoms with Gasteiger partial charge in [0, 0.05) is 12.7 Å². The van der Waals surface area contributed by atoms with Crippen molar-refractivity contribution in [3.63, 3.8) is 0 Å². The van der Waals surface area contributed by atoms with E-state index in [0.29, 0.717) is 18.7 Å². The topological polar surface area (TPSA) is 28.7 Å². The van der Waals surface area contributed by atoms with Gasteiger partial charge in [-0.1, -0.05) is 0 Å². The first kappa shape index (κ1) is 7.80. The largest absolute Gasteiger partial charge is 0.339 e. The van der Waals surface area contributed by atoms with Crippen molar-refractivity contribution in [1.29, 1.82) is 5.26 Å². The Morgan fingerprint density at radius 2 is 2.45 bits per heavy atom. The van der Waals surface area contributed by atoms with E-state index < -0.39 is 0 Å². The first-order valence-electron chi connectivity index (χ1n) is 3.49. The molecule has 0 saturated carbocycles. The second kappa shape index (κ2) is 3.77. The highest BCUT2D eigenvalue weighted by Crippen LogP contribution is 2.01. The van der Waals surface area contributed by atoms with E-state index in [2.05, 4.69) is 0 Å². The van der Waals surface area contributed by atoms with Crippen molar-refractivity contribution in [1.82, 2.24) is 4.57 Å². The maximum atomic E-state index is 11.7. The third-order valence-corrected chi connectivity index (χ3v) is 1.48. The van der Waals surface area contributed by atoms with Crippen LogP contribution in [0.15, 0.2) is 18.3 Å². The molecule has 0 bridgehead atoms. The molecule has 1 heterocycles. The van der Waals surface area contributed by atoms with Gasteiger partial charge in [0.1, 0.15) is 11.8 Å². The van der Waals surface area contributed by atoms with Crippen LogP contribution >= 0.6 is 0 Å². The van der Waals surface area contributed by atoms with E-state index >= 15 is 0 Å². The van der Waals surface area contributed by atoms with Crippen molar-refractivity contribution in [2.75, 3.05) is 6.67 Å². The Labute approximate surface area is 64.9 Å². The molecular formula is C8H9FN2. The van der Waals surface area contributed by atoms with Gasteiger partial charge in [-0.05, 0) is 18.6 Å². The molecule has 0 atom stereocenters. The van der Waals surface area contributed by atoms with Gasteiger partial charge in [0.2, 0.25) is 0 Å². The van der Waals surface area contributed by atoms with Crippen LogP contribution in [0.1, 0.15) is 12.1 Å². The molecule has 0 saturated heterocycles. The Hall–Kier alpha value is -1.30. The zero-order chi connectivity index (χ0) is 8.10. The SMILES string of the molecule is N#Cc1cccn1CCCF. The van der Waals surface area contributed by atoms with E-state index in [4.69, 9.17) is 5.26 Å². The summed E-state index contributed by atoms with van der Waals surface area (Å²) in [6.07, 6.45) is 2.26. The molecule has 0 unspecified atom stereocenters. The lowest BCUT2D eigenvalue weighted by atomic mass is 10.4. The number of nitriles is 1. The van der Waals surface area contributed by atoms with Crippen LogP contribution in [0.2, 0.25) is 0 Å². The summed E-state index contributed by atoms with van der Waals surface area (Å²) in [5.74, 6) is 0. The van der Waals surface area contributed by atoms with Crippen LogP contribution < -0.4 is 0 Å². The Kier molecular flexibility index (Phi) is 2.67. The monoisotopic (exact) mass is 152 g/mol. The Bertz CT molecular complexity index is 259. The minimum atomic E-state index is -0.330. The number of nitrogens with zero attached hydrogens (tertiary/aromatic N) is 2. The molecule has 0 aromatic carbocycles. The highest BCUT2D eigenvalue weighted by Gasteiger charge is 1.96. The van der Waals surface area contributed by atoms with Crippen LogP contribution in [0.25, 0.3) is 0 Å². The van der Waals surface area contributed by atoms with Crippen LogP contribution in [-0.4, -0.2) is 11.2 Å². The number of hydrogen-bond donors (Lipinski definition) is 0. The molecule has 0 spiro atoms. The molecule has 1 aromatic rings. The van der Waals surface area contributed by atoms with E-state index in [1.807, 2.05) is 6.07 Å². The van der Waals surface area contributed by atoms with Crippen LogP contribution in [-0.2, 0) is 6.54 Å². The van der Waals surface area contributed by atoms with Crippen molar-refractivity contribution >= 4 is 0 Å². The fourth-order valence-electron chi connectivity index (χ4n) is 0.941. The second-order valence-electron chi connectivity index (χ2n) is 2.24. The number of aromatic nitrogens is 1. The van der Waals surface area contributed by atoms with E-state index in [0.717, 1.165) is 0 Å². The van der Waals surface area contributed by atoms with Gasteiger partial charge >= 0.3 is 0 Å². The van der Waals surface area contributed by atoms with Gasteiger partial charge in [0.15, 0.2) is 0 Å². The quantitative estimate of drug-likeness (QED) is 0.648. The summed E-state index contributed by atoms with van der Waals surface area (Å²) < 4.78 is 13.5. The molecule has 11 heavy (non-hydrogen) atoms. The average Bonchev–Trinajstić information content (AvgIpc) is 2.47. The molecule has 0 fully saturated rings. The smallest absolute Gasteiger partial charge is 0.120 e. The molecule has 0 aliphatic heterocycles. The summed E-state index contributed by atoms with van der Waals surface area (Å²) in [4.78, 5) is 0. The van der Waals surface area contributed by atoms with Gasteiger partial charge in [-0.25, -0.2) is 0 Å². The standard InChI is InChI=1S/C8H9FN2/c9-4-2-6-11-5-1-3-8(11)7-10/h1,3,5H,2,4,6H2. The van der Waals surface area contributed by atoms with E-state index in [1.54, 1.807) is 22.9 Å². The van der Waals surface area contributed by atoms with Crippen molar-refractivity contribution < 1.29 is 4.39 Å². The molecule has 0 amide bonds. The van der Waals surface area contributed by atoms with Crippen LogP contribution in [0.5, 0.6) is 0 Å². The van der Waals surface area contributed by atoms with Gasteiger partial charge < -0.3 is 4.57 Å². The molecular weight excluding hydrogens is 143 g/mol. The molecule has 0 aliphatic rings. The van der Waals surface area contributed by atoms with Gasteiger partial charge in [-0.2, -0.15) is 5.26 Å². The van der Waals surface area contributed by atoms with Crippen molar-refractivity contribution in [3.05, 3.63) is 24.0 Å². The van der Waals surface area contributed by atoms with Gasteiger partial charge in [-0.3, -0.25) is 4.39 Å². The summed E-state index contributed by atoms with van der Waals surface area (Å²) in [7, 11) is 0. The molecule has 1 rings (SSSR count). The Morgan fingerprint density at radius 3 is 3.09 bits per heavy atom. The number of rotatable bonds is 3. The second-order valence-corrected chi connectivity index (χ2v) is 2.24. The summed E-state index contributed by atoms with van der Waals surface area (Å²) in [5, 5.41) is 8.54. The van der Waals surface area contributed by atoms with E-state index in [-0.39, 0.29) is 6.67 Å². The zero-order valence-corrected chi connectivity index (χ0v) is 6.13. The lowest BCUT2D eigenvalue weighted by Gasteiger charge is -2.00. The zero-order valence-electron chi connectivity index (χ0n) is 6.13. The number of alkyl halides is 1. The molecule has 1 aromatic heterocycles. The van der Waals surface area contributed by atoms with Gasteiger partial charge in [0.25, 0.3) is 0 Å². The third-order valence-electron chi connectivity index (χ3n) is 1.48. The average molecular weight is 152 g/mol. The minimum absolute atomic E-state index is 0.330. The predicted molar refractivity (Wildman–Crippen MR) is 39.7 cm³/mol. The lowest BCUT2D eigenvalue weighted by Crippen LogP contribution is -1.99. The van der Waals surface area contributed by atoms with E-state index in [9.17, 15) is 4.39 Å². The number of aryl methyl sites for hydroxylation is 1. The number of hydrogen-bond acceptors (Lipinski definition) is 1. The normalized spacial score (nSPS) is 9.45. The first-order valence-corrected chi connectivity index (χ1v) is 3.49. The summed E-state index contributed by atoms with van der Waals surface area (Å²) in [6, 6.07) is 5.53. The first-order chi connectivity index (χ1) is 5.38. The van der Waals surface area contributed by atoms with Crippen molar-refractivity contribution in [2.45, 2.75) is 13.0 Å². The maximum Gasteiger partial charge on any atom is 0.120 e. The summed E-state index contributed by atoms with van der Waals surface area (Å²) >= 11 is 0. The van der Waals surface area contributed by atoms with Gasteiger partial charge in [-0.15, -0.1) is 0 Å². The van der Waals surface area contributed by atoms with Crippen LogP contribution in [0.4, 0.5) is 4.39 Å². The fourth-order valence-corrected chi connectivity index (χ4v) is 0.941. The molecule has 0 N–H and O–H groups in total.